The van der Waals surface area contributed by atoms with Gasteiger partial charge in [-0.1, -0.05) is 42.5 Å². The molecule has 102 valence electrons. The number of para-hydroxylation sites is 1. The van der Waals surface area contributed by atoms with E-state index in [2.05, 4.69) is 5.32 Å². The SMILES string of the molecule is O=C[C@H](Cc1ccccc1)NC(=O)c1ccccc1O. The number of carbonyl (C=O) groups excluding carboxylic acids is 2. The van der Waals surface area contributed by atoms with E-state index >= 15 is 0 Å². The van der Waals surface area contributed by atoms with Crippen LogP contribution < -0.4 is 5.32 Å². The van der Waals surface area contributed by atoms with Crippen molar-refractivity contribution in [3.8, 4) is 5.75 Å². The molecule has 0 aliphatic carbocycles. The maximum Gasteiger partial charge on any atom is 0.255 e. The first-order valence-corrected chi connectivity index (χ1v) is 6.29. The highest BCUT2D eigenvalue weighted by atomic mass is 16.3. The van der Waals surface area contributed by atoms with Gasteiger partial charge < -0.3 is 15.2 Å². The zero-order valence-electron chi connectivity index (χ0n) is 10.8. The van der Waals surface area contributed by atoms with Crippen LogP contribution in [0.2, 0.25) is 0 Å². The minimum Gasteiger partial charge on any atom is -0.507 e. The minimum atomic E-state index is -0.621. The summed E-state index contributed by atoms with van der Waals surface area (Å²) in [5, 5.41) is 12.2. The summed E-state index contributed by atoms with van der Waals surface area (Å²) >= 11 is 0. The van der Waals surface area contributed by atoms with Crippen LogP contribution in [0.25, 0.3) is 0 Å². The van der Waals surface area contributed by atoms with Crippen LogP contribution in [0.3, 0.4) is 0 Å². The number of hydrogen-bond acceptors (Lipinski definition) is 3. The molecule has 0 aliphatic rings. The number of benzene rings is 2. The smallest absolute Gasteiger partial charge is 0.255 e. The molecule has 0 aliphatic heterocycles. The normalized spacial score (nSPS) is 11.6. The van der Waals surface area contributed by atoms with E-state index in [-0.39, 0.29) is 11.3 Å². The van der Waals surface area contributed by atoms with Gasteiger partial charge in [-0.3, -0.25) is 4.79 Å². The Balaban J connectivity index is 2.05. The van der Waals surface area contributed by atoms with E-state index in [1.54, 1.807) is 12.1 Å². The maximum absolute atomic E-state index is 12.0. The van der Waals surface area contributed by atoms with Crippen molar-refractivity contribution in [1.82, 2.24) is 5.32 Å². The van der Waals surface area contributed by atoms with Crippen molar-refractivity contribution < 1.29 is 14.7 Å². The molecule has 4 nitrogen and oxygen atoms in total. The molecule has 0 saturated carbocycles. The molecule has 2 rings (SSSR count). The summed E-state index contributed by atoms with van der Waals surface area (Å²) in [6, 6.07) is 15.0. The van der Waals surface area contributed by atoms with Gasteiger partial charge in [0, 0.05) is 0 Å². The summed E-state index contributed by atoms with van der Waals surface area (Å²) in [5.41, 5.74) is 1.12. The molecule has 4 heteroatoms. The number of hydrogen-bond donors (Lipinski definition) is 2. The fourth-order valence-corrected chi connectivity index (χ4v) is 1.91. The molecule has 0 aromatic heterocycles. The first kappa shape index (κ1) is 13.8. The lowest BCUT2D eigenvalue weighted by atomic mass is 10.1. The number of nitrogens with one attached hydrogen (secondary N) is 1. The van der Waals surface area contributed by atoms with Gasteiger partial charge >= 0.3 is 0 Å². The minimum absolute atomic E-state index is 0.102. The first-order chi connectivity index (χ1) is 9.70. The van der Waals surface area contributed by atoms with Crippen LogP contribution in [0.15, 0.2) is 54.6 Å². The average molecular weight is 269 g/mol. The predicted molar refractivity (Wildman–Crippen MR) is 75.6 cm³/mol. The van der Waals surface area contributed by atoms with Gasteiger partial charge in [0.15, 0.2) is 0 Å². The first-order valence-electron chi connectivity index (χ1n) is 6.29. The molecule has 2 aromatic carbocycles. The van der Waals surface area contributed by atoms with Crippen LogP contribution >= 0.6 is 0 Å². The molecule has 0 bridgehead atoms. The van der Waals surface area contributed by atoms with Gasteiger partial charge in [0.25, 0.3) is 5.91 Å². The zero-order chi connectivity index (χ0) is 14.4. The summed E-state index contributed by atoms with van der Waals surface area (Å²) in [4.78, 5) is 23.1. The molecular weight excluding hydrogens is 254 g/mol. The average Bonchev–Trinajstić information content (AvgIpc) is 2.48. The largest absolute Gasteiger partial charge is 0.507 e. The number of phenolic OH excluding ortho intramolecular Hbond substituents is 1. The Kier molecular flexibility index (Phi) is 4.50. The maximum atomic E-state index is 12.0. The highest BCUT2D eigenvalue weighted by molar-refractivity contribution is 5.98. The van der Waals surface area contributed by atoms with Crippen LogP contribution in [0.1, 0.15) is 15.9 Å². The van der Waals surface area contributed by atoms with Gasteiger partial charge in [0.2, 0.25) is 0 Å². The van der Waals surface area contributed by atoms with Crippen molar-refractivity contribution in [1.29, 1.82) is 0 Å². The van der Waals surface area contributed by atoms with E-state index < -0.39 is 11.9 Å². The van der Waals surface area contributed by atoms with Crippen molar-refractivity contribution in [3.05, 3.63) is 65.7 Å². The van der Waals surface area contributed by atoms with Crippen LogP contribution in [-0.2, 0) is 11.2 Å². The third-order valence-electron chi connectivity index (χ3n) is 2.93. The second-order valence-electron chi connectivity index (χ2n) is 4.42. The molecule has 20 heavy (non-hydrogen) atoms. The third-order valence-corrected chi connectivity index (χ3v) is 2.93. The Morgan fingerprint density at radius 2 is 1.75 bits per heavy atom. The molecule has 0 saturated heterocycles. The summed E-state index contributed by atoms with van der Waals surface area (Å²) in [6.45, 7) is 0. The fourth-order valence-electron chi connectivity index (χ4n) is 1.91. The molecule has 2 N–H and O–H groups in total. The zero-order valence-corrected chi connectivity index (χ0v) is 10.8. The van der Waals surface area contributed by atoms with E-state index in [9.17, 15) is 14.7 Å². The standard InChI is InChI=1S/C16H15NO3/c18-11-13(10-12-6-2-1-3-7-12)17-16(20)14-8-4-5-9-15(14)19/h1-9,11,13,19H,10H2,(H,17,20)/t13-/m0/s1. The van der Waals surface area contributed by atoms with Crippen molar-refractivity contribution in [3.63, 3.8) is 0 Å². The van der Waals surface area contributed by atoms with Crippen LogP contribution in [0.4, 0.5) is 0 Å². The van der Waals surface area contributed by atoms with Crippen LogP contribution in [-0.4, -0.2) is 23.3 Å². The second-order valence-corrected chi connectivity index (χ2v) is 4.42. The van der Waals surface area contributed by atoms with Gasteiger partial charge in [0.05, 0.1) is 11.6 Å². The molecule has 0 heterocycles. The number of aromatic hydroxyl groups is 1. The lowest BCUT2D eigenvalue weighted by molar-refractivity contribution is -0.109. The van der Waals surface area contributed by atoms with Crippen molar-refractivity contribution in [2.24, 2.45) is 0 Å². The van der Waals surface area contributed by atoms with Crippen LogP contribution in [0, 0.1) is 0 Å². The van der Waals surface area contributed by atoms with E-state index in [0.717, 1.165) is 5.56 Å². The van der Waals surface area contributed by atoms with E-state index in [1.165, 1.54) is 12.1 Å². The van der Waals surface area contributed by atoms with E-state index in [0.29, 0.717) is 12.7 Å². The fraction of sp³-hybridized carbons (Fsp3) is 0.125. The second kappa shape index (κ2) is 6.52. The van der Waals surface area contributed by atoms with Gasteiger partial charge in [-0.05, 0) is 24.1 Å². The molecular formula is C16H15NO3. The summed E-state index contributed by atoms with van der Waals surface area (Å²) in [5.74, 6) is -0.564. The molecule has 0 fully saturated rings. The predicted octanol–water partition coefficient (Wildman–Crippen LogP) is 1.93. The monoisotopic (exact) mass is 269 g/mol. The van der Waals surface area contributed by atoms with Gasteiger partial charge in [-0.15, -0.1) is 0 Å². The molecule has 0 radical (unpaired) electrons. The Hall–Kier alpha value is -2.62. The summed E-state index contributed by atoms with van der Waals surface area (Å²) < 4.78 is 0. The molecule has 0 unspecified atom stereocenters. The van der Waals surface area contributed by atoms with E-state index in [1.807, 2.05) is 30.3 Å². The quantitative estimate of drug-likeness (QED) is 0.815. The highest BCUT2D eigenvalue weighted by Gasteiger charge is 2.15. The lowest BCUT2D eigenvalue weighted by Gasteiger charge is -2.13. The number of phenols is 1. The number of carbonyl (C=O) groups is 2. The topological polar surface area (TPSA) is 66.4 Å². The Labute approximate surface area is 117 Å². The van der Waals surface area contributed by atoms with Crippen LogP contribution in [0.5, 0.6) is 5.75 Å². The van der Waals surface area contributed by atoms with Crippen molar-refractivity contribution in [2.45, 2.75) is 12.5 Å². The molecule has 1 atom stereocenters. The Bertz CT molecular complexity index is 596. The number of aldehydes is 1. The number of rotatable bonds is 5. The highest BCUT2D eigenvalue weighted by Crippen LogP contribution is 2.15. The lowest BCUT2D eigenvalue weighted by Crippen LogP contribution is -2.37. The van der Waals surface area contributed by atoms with Gasteiger partial charge in [-0.25, -0.2) is 0 Å². The van der Waals surface area contributed by atoms with Crippen molar-refractivity contribution in [2.75, 3.05) is 0 Å². The van der Waals surface area contributed by atoms with E-state index in [4.69, 9.17) is 0 Å². The number of amides is 1. The molecule has 1 amide bonds. The molecule has 0 spiro atoms. The Morgan fingerprint density at radius 3 is 2.40 bits per heavy atom. The summed E-state index contributed by atoms with van der Waals surface area (Å²) in [6.07, 6.45) is 1.12. The summed E-state index contributed by atoms with van der Waals surface area (Å²) in [7, 11) is 0. The van der Waals surface area contributed by atoms with Crippen molar-refractivity contribution >= 4 is 12.2 Å². The molecule has 2 aromatic rings. The third kappa shape index (κ3) is 3.45. The van der Waals surface area contributed by atoms with Gasteiger partial charge in [-0.2, -0.15) is 0 Å². The van der Waals surface area contributed by atoms with Gasteiger partial charge in [0.1, 0.15) is 12.0 Å². The Morgan fingerprint density at radius 1 is 1.10 bits per heavy atom.